The summed E-state index contributed by atoms with van der Waals surface area (Å²) < 4.78 is 56.6. The summed E-state index contributed by atoms with van der Waals surface area (Å²) >= 11 is 0. The summed E-state index contributed by atoms with van der Waals surface area (Å²) in [5, 5.41) is 0. The van der Waals surface area contributed by atoms with Gasteiger partial charge in [-0.1, -0.05) is 13.8 Å². The van der Waals surface area contributed by atoms with Gasteiger partial charge in [-0.3, -0.25) is 8.74 Å². The van der Waals surface area contributed by atoms with Crippen molar-refractivity contribution in [3.8, 4) is 0 Å². The first-order chi connectivity index (χ1) is 7.47. The van der Waals surface area contributed by atoms with Crippen LogP contribution in [0.4, 0.5) is 0 Å². The summed E-state index contributed by atoms with van der Waals surface area (Å²) in [6.07, 6.45) is -0.204. The van der Waals surface area contributed by atoms with E-state index in [-0.39, 0.29) is 19.6 Å². The molecule has 0 saturated carbocycles. The smallest absolute Gasteiger partial charge is 0.267 e. The second kappa shape index (κ2) is 6.10. The second-order valence-electron chi connectivity index (χ2n) is 4.53. The molecule has 7 nitrogen and oxygen atoms in total. The zero-order chi connectivity index (χ0) is 13.7. The Labute approximate surface area is 102 Å². The fraction of sp³-hybridized carbons (Fsp3) is 1.00. The fourth-order valence-corrected chi connectivity index (χ4v) is 2.59. The monoisotopic (exact) mass is 289 g/mol. The highest BCUT2D eigenvalue weighted by atomic mass is 32.2. The van der Waals surface area contributed by atoms with Crippen LogP contribution in [0.1, 0.15) is 20.3 Å². The van der Waals surface area contributed by atoms with Gasteiger partial charge in [-0.25, -0.2) is 0 Å². The third-order valence-electron chi connectivity index (χ3n) is 1.98. The molecule has 9 heteroatoms. The lowest BCUT2D eigenvalue weighted by molar-refractivity contribution is 0.193. The van der Waals surface area contributed by atoms with Crippen LogP contribution in [0.15, 0.2) is 0 Å². The summed E-state index contributed by atoms with van der Waals surface area (Å²) in [4.78, 5) is 0. The molecule has 0 atom stereocenters. The molecule has 3 N–H and O–H groups in total. The SMILES string of the molecule is CC(C)(CN)COS(=O)(=O)CCCS(=O)(=O)O. The average Bonchev–Trinajstić information content (AvgIpc) is 2.13. The predicted octanol–water partition coefficient (Wildman–Crippen LogP) is -0.404. The van der Waals surface area contributed by atoms with E-state index >= 15 is 0 Å². The fourth-order valence-electron chi connectivity index (χ4n) is 0.785. The number of hydrogen-bond donors (Lipinski definition) is 2. The topological polar surface area (TPSA) is 124 Å². The largest absolute Gasteiger partial charge is 0.330 e. The maximum Gasteiger partial charge on any atom is 0.267 e. The Hall–Kier alpha value is -0.220. The first-order valence-corrected chi connectivity index (χ1v) is 8.18. The van der Waals surface area contributed by atoms with Gasteiger partial charge in [0.2, 0.25) is 0 Å². The van der Waals surface area contributed by atoms with Crippen LogP contribution in [0.25, 0.3) is 0 Å². The highest BCUT2D eigenvalue weighted by Gasteiger charge is 2.21. The molecule has 0 unspecified atom stereocenters. The average molecular weight is 289 g/mol. The molecule has 17 heavy (non-hydrogen) atoms. The van der Waals surface area contributed by atoms with Crippen molar-refractivity contribution in [2.75, 3.05) is 24.7 Å². The van der Waals surface area contributed by atoms with Gasteiger partial charge < -0.3 is 5.73 Å². The van der Waals surface area contributed by atoms with Gasteiger partial charge in [0.25, 0.3) is 20.2 Å². The Bertz CT molecular complexity index is 425. The highest BCUT2D eigenvalue weighted by Crippen LogP contribution is 2.14. The van der Waals surface area contributed by atoms with Crippen molar-refractivity contribution in [1.29, 1.82) is 0 Å². The van der Waals surface area contributed by atoms with E-state index in [1.807, 2.05) is 0 Å². The standard InChI is InChI=1S/C8H19NO6S2/c1-8(2,6-9)7-15-17(13,14)5-3-4-16(10,11)12/h3-7,9H2,1-2H3,(H,10,11,12). The summed E-state index contributed by atoms with van der Waals surface area (Å²) in [6, 6.07) is 0. The van der Waals surface area contributed by atoms with Gasteiger partial charge in [0.1, 0.15) is 0 Å². The Kier molecular flexibility index (Phi) is 6.02. The zero-order valence-corrected chi connectivity index (χ0v) is 11.6. The molecule has 0 radical (unpaired) electrons. The van der Waals surface area contributed by atoms with Crippen molar-refractivity contribution >= 4 is 20.2 Å². The van der Waals surface area contributed by atoms with Crippen molar-refractivity contribution in [1.82, 2.24) is 0 Å². The first kappa shape index (κ1) is 16.8. The van der Waals surface area contributed by atoms with Crippen LogP contribution in [0.5, 0.6) is 0 Å². The highest BCUT2D eigenvalue weighted by molar-refractivity contribution is 7.87. The summed E-state index contributed by atoms with van der Waals surface area (Å²) in [7, 11) is -7.91. The van der Waals surface area contributed by atoms with Crippen LogP contribution in [0.3, 0.4) is 0 Å². The minimum atomic E-state index is -4.13. The van der Waals surface area contributed by atoms with Gasteiger partial charge in [0, 0.05) is 5.41 Å². The number of nitrogens with two attached hydrogens (primary N) is 1. The molecule has 0 aliphatic carbocycles. The maximum atomic E-state index is 11.3. The molecule has 0 saturated heterocycles. The lowest BCUT2D eigenvalue weighted by Crippen LogP contribution is -2.30. The molecule has 104 valence electrons. The zero-order valence-electron chi connectivity index (χ0n) is 9.92. The van der Waals surface area contributed by atoms with Gasteiger partial charge >= 0.3 is 0 Å². The quantitative estimate of drug-likeness (QED) is 0.460. The second-order valence-corrected chi connectivity index (χ2v) is 7.86. The van der Waals surface area contributed by atoms with E-state index in [9.17, 15) is 16.8 Å². The van der Waals surface area contributed by atoms with Crippen molar-refractivity contribution in [2.45, 2.75) is 20.3 Å². The molecular formula is C8H19NO6S2. The molecule has 0 amide bonds. The molecule has 0 rings (SSSR count). The Balaban J connectivity index is 4.15. The predicted molar refractivity (Wildman–Crippen MR) is 63.6 cm³/mol. The van der Waals surface area contributed by atoms with Crippen LogP contribution in [-0.2, 0) is 24.4 Å². The normalized spacial score (nSPS) is 13.9. The van der Waals surface area contributed by atoms with Crippen LogP contribution < -0.4 is 5.73 Å². The van der Waals surface area contributed by atoms with Crippen LogP contribution >= 0.6 is 0 Å². The van der Waals surface area contributed by atoms with E-state index in [2.05, 4.69) is 0 Å². The van der Waals surface area contributed by atoms with E-state index < -0.39 is 37.2 Å². The van der Waals surface area contributed by atoms with Gasteiger partial charge in [0.15, 0.2) is 0 Å². The van der Waals surface area contributed by atoms with Crippen LogP contribution in [-0.4, -0.2) is 46.0 Å². The summed E-state index contributed by atoms with van der Waals surface area (Å²) in [5.41, 5.74) is 4.94. The molecule has 0 bridgehead atoms. The van der Waals surface area contributed by atoms with Crippen molar-refractivity contribution in [2.24, 2.45) is 11.1 Å². The Morgan fingerprint density at radius 1 is 1.18 bits per heavy atom. The van der Waals surface area contributed by atoms with E-state index in [1.54, 1.807) is 13.8 Å². The molecule has 0 fully saturated rings. The lowest BCUT2D eigenvalue weighted by atomic mass is 9.96. The first-order valence-electron chi connectivity index (χ1n) is 5.00. The van der Waals surface area contributed by atoms with E-state index in [4.69, 9.17) is 14.5 Å². The number of rotatable bonds is 8. The Morgan fingerprint density at radius 2 is 1.71 bits per heavy atom. The molecule has 0 aromatic rings. The van der Waals surface area contributed by atoms with Crippen molar-refractivity contribution in [3.63, 3.8) is 0 Å². The van der Waals surface area contributed by atoms with E-state index in [0.29, 0.717) is 0 Å². The summed E-state index contributed by atoms with van der Waals surface area (Å²) in [6.45, 7) is 3.71. The molecule has 0 spiro atoms. The maximum absolute atomic E-state index is 11.3. The minimum absolute atomic E-state index is 0.0578. The molecule has 0 aromatic carbocycles. The van der Waals surface area contributed by atoms with Crippen LogP contribution in [0.2, 0.25) is 0 Å². The van der Waals surface area contributed by atoms with E-state index in [0.717, 1.165) is 0 Å². The number of hydrogen-bond acceptors (Lipinski definition) is 6. The van der Waals surface area contributed by atoms with Crippen LogP contribution in [0, 0.1) is 5.41 Å². The summed E-state index contributed by atoms with van der Waals surface area (Å²) in [5.74, 6) is -1.05. The molecular weight excluding hydrogens is 270 g/mol. The van der Waals surface area contributed by atoms with Gasteiger partial charge in [0.05, 0.1) is 18.1 Å². The molecule has 0 heterocycles. The van der Waals surface area contributed by atoms with Gasteiger partial charge in [-0.2, -0.15) is 16.8 Å². The van der Waals surface area contributed by atoms with Crippen molar-refractivity contribution in [3.05, 3.63) is 0 Å². The van der Waals surface area contributed by atoms with Crippen molar-refractivity contribution < 1.29 is 25.6 Å². The van der Waals surface area contributed by atoms with E-state index in [1.165, 1.54) is 0 Å². The van der Waals surface area contributed by atoms with Gasteiger partial charge in [-0.15, -0.1) is 0 Å². The van der Waals surface area contributed by atoms with Gasteiger partial charge in [-0.05, 0) is 13.0 Å². The molecule has 0 aromatic heterocycles. The molecule has 0 aliphatic heterocycles. The minimum Gasteiger partial charge on any atom is -0.330 e. The third kappa shape index (κ3) is 9.48. The molecule has 0 aliphatic rings. The third-order valence-corrected chi connectivity index (χ3v) is 4.05. The lowest BCUT2D eigenvalue weighted by Gasteiger charge is -2.21. The Morgan fingerprint density at radius 3 is 2.12 bits per heavy atom.